The summed E-state index contributed by atoms with van der Waals surface area (Å²) in [5.41, 5.74) is 0.364. The van der Waals surface area contributed by atoms with Gasteiger partial charge in [-0.05, 0) is 26.8 Å². The predicted octanol–water partition coefficient (Wildman–Crippen LogP) is 1.40. The molecule has 1 amide bonds. The highest BCUT2D eigenvalue weighted by atomic mass is 16.6. The molecule has 1 atom stereocenters. The fourth-order valence-electron chi connectivity index (χ4n) is 2.45. The van der Waals surface area contributed by atoms with Crippen molar-refractivity contribution in [1.82, 2.24) is 9.88 Å². The summed E-state index contributed by atoms with van der Waals surface area (Å²) >= 11 is 0. The second-order valence-electron chi connectivity index (χ2n) is 6.57. The van der Waals surface area contributed by atoms with E-state index in [1.54, 1.807) is 37.9 Å². The van der Waals surface area contributed by atoms with E-state index in [1.807, 2.05) is 0 Å². The number of aromatic nitrogens is 1. The summed E-state index contributed by atoms with van der Waals surface area (Å²) < 4.78 is 5.28. The number of amides is 1. The molecular weight excluding hydrogens is 314 g/mol. The Hall–Kier alpha value is -2.64. The van der Waals surface area contributed by atoms with E-state index in [4.69, 9.17) is 4.74 Å². The number of carbonyl (C=O) groups is 3. The van der Waals surface area contributed by atoms with Gasteiger partial charge in [-0.2, -0.15) is 0 Å². The van der Waals surface area contributed by atoms with Gasteiger partial charge in [-0.15, -0.1) is 0 Å². The summed E-state index contributed by atoms with van der Waals surface area (Å²) in [6, 6.07) is 0.607. The van der Waals surface area contributed by atoms with Crippen molar-refractivity contribution in [1.29, 1.82) is 0 Å². The number of rotatable bonds is 3. The number of hydrogen-bond acceptors (Lipinski definition) is 6. The molecule has 8 heteroatoms. The van der Waals surface area contributed by atoms with Gasteiger partial charge in [0, 0.05) is 31.4 Å². The molecule has 130 valence electrons. The van der Waals surface area contributed by atoms with Crippen LogP contribution in [0.2, 0.25) is 0 Å². The van der Waals surface area contributed by atoms with Gasteiger partial charge in [0.1, 0.15) is 11.6 Å². The maximum absolute atomic E-state index is 12.2. The zero-order chi connectivity index (χ0) is 17.9. The number of aldehydes is 1. The summed E-state index contributed by atoms with van der Waals surface area (Å²) in [6.45, 7) is 5.91. The molecule has 0 bridgehead atoms. The van der Waals surface area contributed by atoms with Crippen LogP contribution in [0, 0.1) is 0 Å². The van der Waals surface area contributed by atoms with Crippen molar-refractivity contribution in [3.05, 3.63) is 24.0 Å². The van der Waals surface area contributed by atoms with Crippen molar-refractivity contribution in [2.24, 2.45) is 0 Å². The molecule has 0 spiro atoms. The number of ether oxygens (including phenoxy) is 1. The summed E-state index contributed by atoms with van der Waals surface area (Å²) in [5.74, 6) is -1.11. The van der Waals surface area contributed by atoms with E-state index >= 15 is 0 Å². The van der Waals surface area contributed by atoms with Crippen molar-refractivity contribution in [3.8, 4) is 0 Å². The molecule has 24 heavy (non-hydrogen) atoms. The molecular formula is C16H21N3O5. The Bertz CT molecular complexity index is 641. The van der Waals surface area contributed by atoms with Crippen molar-refractivity contribution in [3.63, 3.8) is 0 Å². The molecule has 0 aromatic carbocycles. The van der Waals surface area contributed by atoms with Crippen LogP contribution in [0.1, 0.15) is 31.1 Å². The largest absolute Gasteiger partial charge is 0.480 e. The molecule has 1 aromatic heterocycles. The second kappa shape index (κ2) is 6.86. The van der Waals surface area contributed by atoms with E-state index < -0.39 is 23.7 Å². The van der Waals surface area contributed by atoms with Crippen LogP contribution in [0.4, 0.5) is 10.5 Å². The summed E-state index contributed by atoms with van der Waals surface area (Å²) in [5, 5.41) is 9.47. The first-order valence-corrected chi connectivity index (χ1v) is 7.59. The number of carbonyl (C=O) groups excluding carboxylic acids is 2. The molecule has 2 rings (SSSR count). The van der Waals surface area contributed by atoms with Crippen molar-refractivity contribution in [2.45, 2.75) is 32.4 Å². The Morgan fingerprint density at radius 1 is 1.33 bits per heavy atom. The molecule has 8 nitrogen and oxygen atoms in total. The smallest absolute Gasteiger partial charge is 0.411 e. The topological polar surface area (TPSA) is 100 Å². The molecule has 1 saturated heterocycles. The first kappa shape index (κ1) is 17.7. The number of carboxylic acids is 1. The Kier molecular flexibility index (Phi) is 5.06. The van der Waals surface area contributed by atoms with Crippen LogP contribution < -0.4 is 4.90 Å². The molecule has 1 aromatic rings. The summed E-state index contributed by atoms with van der Waals surface area (Å²) in [4.78, 5) is 41.7. The van der Waals surface area contributed by atoms with Crippen LogP contribution in [0.15, 0.2) is 18.5 Å². The molecule has 1 N–H and O–H groups in total. The average Bonchev–Trinajstić information content (AvgIpc) is 2.52. The van der Waals surface area contributed by atoms with Gasteiger partial charge in [-0.1, -0.05) is 0 Å². The van der Waals surface area contributed by atoms with Gasteiger partial charge < -0.3 is 14.7 Å². The van der Waals surface area contributed by atoms with Gasteiger partial charge in [0.25, 0.3) is 0 Å². The highest BCUT2D eigenvalue weighted by Gasteiger charge is 2.37. The van der Waals surface area contributed by atoms with Gasteiger partial charge in [0.15, 0.2) is 6.29 Å². The van der Waals surface area contributed by atoms with Crippen LogP contribution in [0.25, 0.3) is 0 Å². The zero-order valence-corrected chi connectivity index (χ0v) is 13.9. The highest BCUT2D eigenvalue weighted by Crippen LogP contribution is 2.21. The minimum Gasteiger partial charge on any atom is -0.480 e. The summed E-state index contributed by atoms with van der Waals surface area (Å²) in [6.07, 6.45) is 3.04. The summed E-state index contributed by atoms with van der Waals surface area (Å²) in [7, 11) is 0. The van der Waals surface area contributed by atoms with Crippen molar-refractivity contribution in [2.75, 3.05) is 24.5 Å². The van der Waals surface area contributed by atoms with Gasteiger partial charge >= 0.3 is 12.1 Å². The predicted molar refractivity (Wildman–Crippen MR) is 86.2 cm³/mol. The standard InChI is InChI=1S/C16H21N3O5/c1-16(2,3)24-15(23)19-5-4-18(9-13(19)14(21)22)12-6-11(10-20)7-17-8-12/h6-8,10,13H,4-5,9H2,1-3H3,(H,21,22)/t13-/m0/s1. The van der Waals surface area contributed by atoms with E-state index in [9.17, 15) is 19.5 Å². The lowest BCUT2D eigenvalue weighted by molar-refractivity contribution is -0.143. The first-order chi connectivity index (χ1) is 11.2. The monoisotopic (exact) mass is 335 g/mol. The molecule has 1 aliphatic rings. The fourth-order valence-corrected chi connectivity index (χ4v) is 2.45. The maximum Gasteiger partial charge on any atom is 0.411 e. The third-order valence-corrected chi connectivity index (χ3v) is 3.54. The number of piperazine rings is 1. The molecule has 0 radical (unpaired) electrons. The van der Waals surface area contributed by atoms with Gasteiger partial charge in [-0.3, -0.25) is 14.7 Å². The number of anilines is 1. The molecule has 0 saturated carbocycles. The Morgan fingerprint density at radius 3 is 2.62 bits per heavy atom. The Morgan fingerprint density at radius 2 is 2.04 bits per heavy atom. The molecule has 1 aliphatic heterocycles. The van der Waals surface area contributed by atoms with E-state index in [2.05, 4.69) is 4.98 Å². The van der Waals surface area contributed by atoms with Gasteiger partial charge in [0.2, 0.25) is 0 Å². The van der Waals surface area contributed by atoms with Crippen LogP contribution >= 0.6 is 0 Å². The van der Waals surface area contributed by atoms with Gasteiger partial charge in [0.05, 0.1) is 11.9 Å². The maximum atomic E-state index is 12.2. The van der Waals surface area contributed by atoms with Crippen molar-refractivity contribution >= 4 is 24.0 Å². The minimum atomic E-state index is -1.11. The molecule has 0 unspecified atom stereocenters. The van der Waals surface area contributed by atoms with Crippen LogP contribution in [-0.2, 0) is 9.53 Å². The molecule has 1 fully saturated rings. The first-order valence-electron chi connectivity index (χ1n) is 7.59. The zero-order valence-electron chi connectivity index (χ0n) is 13.9. The Balaban J connectivity index is 2.17. The number of aliphatic carboxylic acids is 1. The average molecular weight is 335 g/mol. The van der Waals surface area contributed by atoms with Crippen molar-refractivity contribution < 1.29 is 24.2 Å². The van der Waals surface area contributed by atoms with Gasteiger partial charge in [-0.25, -0.2) is 9.59 Å². The van der Waals surface area contributed by atoms with Crippen LogP contribution in [0.3, 0.4) is 0 Å². The number of nitrogens with zero attached hydrogens (tertiary/aromatic N) is 3. The molecule has 0 aliphatic carbocycles. The molecule has 2 heterocycles. The number of hydrogen-bond donors (Lipinski definition) is 1. The minimum absolute atomic E-state index is 0.0958. The van der Waals surface area contributed by atoms with Crippen LogP contribution in [0.5, 0.6) is 0 Å². The highest BCUT2D eigenvalue weighted by molar-refractivity contribution is 5.82. The third kappa shape index (κ3) is 4.21. The fraction of sp³-hybridized carbons (Fsp3) is 0.500. The Labute approximate surface area is 140 Å². The lowest BCUT2D eigenvalue weighted by Gasteiger charge is -2.40. The lowest BCUT2D eigenvalue weighted by atomic mass is 10.1. The van der Waals surface area contributed by atoms with E-state index in [1.165, 1.54) is 11.1 Å². The second-order valence-corrected chi connectivity index (χ2v) is 6.57. The SMILES string of the molecule is CC(C)(C)OC(=O)N1CCN(c2cncc(C=O)c2)C[C@H]1C(=O)O. The lowest BCUT2D eigenvalue weighted by Crippen LogP contribution is -2.59. The van der Waals surface area contributed by atoms with E-state index in [0.29, 0.717) is 24.1 Å². The number of carboxylic acid groups (broad SMARTS) is 1. The number of pyridine rings is 1. The normalized spacial score (nSPS) is 18.2. The van der Waals surface area contributed by atoms with Crippen LogP contribution in [-0.4, -0.2) is 64.6 Å². The third-order valence-electron chi connectivity index (χ3n) is 3.54. The van der Waals surface area contributed by atoms with E-state index in [0.717, 1.165) is 0 Å². The quantitative estimate of drug-likeness (QED) is 0.833. The van der Waals surface area contributed by atoms with E-state index in [-0.39, 0.29) is 13.1 Å².